The number of anilines is 1. The van der Waals surface area contributed by atoms with Crippen LogP contribution in [0, 0.1) is 0 Å². The number of ether oxygens (including phenoxy) is 1. The number of alkyl halides is 3. The van der Waals surface area contributed by atoms with Gasteiger partial charge in [0.15, 0.2) is 5.65 Å². The van der Waals surface area contributed by atoms with Crippen LogP contribution in [-0.4, -0.2) is 26.6 Å². The molecule has 2 heterocycles. The number of rotatable bonds is 3. The quantitative estimate of drug-likeness (QED) is 0.490. The standard InChI is InChI=1S/C21H17F3N4O2/c1-11(2)30-20(29)16-17-19(27-15-9-4-3-8-14(15)26-17)28(18(16)25)13-7-5-6-12(10-13)21(22,23)24/h3-11H,25H2,1-2H3. The van der Waals surface area contributed by atoms with Gasteiger partial charge in [-0.15, -0.1) is 0 Å². The number of fused-ring (bicyclic) bond motifs is 2. The van der Waals surface area contributed by atoms with Crippen LogP contribution in [0.3, 0.4) is 0 Å². The second kappa shape index (κ2) is 7.01. The van der Waals surface area contributed by atoms with Crippen LogP contribution in [0.5, 0.6) is 0 Å². The van der Waals surface area contributed by atoms with Crippen LogP contribution in [0.2, 0.25) is 0 Å². The lowest BCUT2D eigenvalue weighted by atomic mass is 10.2. The summed E-state index contributed by atoms with van der Waals surface area (Å²) in [5.74, 6) is -0.812. The van der Waals surface area contributed by atoms with Crippen molar-refractivity contribution in [3.05, 3.63) is 59.7 Å². The zero-order valence-corrected chi connectivity index (χ0v) is 16.1. The Balaban J connectivity index is 2.05. The van der Waals surface area contributed by atoms with E-state index in [0.29, 0.717) is 11.0 Å². The predicted octanol–water partition coefficient (Wildman–Crippen LogP) is 4.74. The number of nitrogen functional groups attached to an aromatic ring is 1. The van der Waals surface area contributed by atoms with Gasteiger partial charge in [0.05, 0.1) is 22.7 Å². The minimum absolute atomic E-state index is 0.0330. The van der Waals surface area contributed by atoms with Crippen LogP contribution in [0.4, 0.5) is 19.0 Å². The van der Waals surface area contributed by atoms with E-state index in [2.05, 4.69) is 9.97 Å². The maximum Gasteiger partial charge on any atom is 0.416 e. The van der Waals surface area contributed by atoms with Gasteiger partial charge < -0.3 is 10.5 Å². The minimum atomic E-state index is -4.54. The third-order valence-corrected chi connectivity index (χ3v) is 4.48. The average molecular weight is 414 g/mol. The number of benzene rings is 2. The molecule has 0 atom stereocenters. The summed E-state index contributed by atoms with van der Waals surface area (Å²) in [5.41, 5.74) is 6.84. The summed E-state index contributed by atoms with van der Waals surface area (Å²) in [5, 5.41) is 0. The van der Waals surface area contributed by atoms with Crippen molar-refractivity contribution in [1.29, 1.82) is 0 Å². The normalized spacial score (nSPS) is 12.1. The van der Waals surface area contributed by atoms with E-state index in [1.165, 1.54) is 16.7 Å². The van der Waals surface area contributed by atoms with Crippen molar-refractivity contribution in [2.75, 3.05) is 5.73 Å². The fraction of sp³-hybridized carbons (Fsp3) is 0.190. The second-order valence-electron chi connectivity index (χ2n) is 6.98. The number of carbonyl (C=O) groups excluding carboxylic acids is 1. The smallest absolute Gasteiger partial charge is 0.416 e. The van der Waals surface area contributed by atoms with Crippen LogP contribution in [-0.2, 0) is 10.9 Å². The summed E-state index contributed by atoms with van der Waals surface area (Å²) in [4.78, 5) is 21.8. The number of hydrogen-bond donors (Lipinski definition) is 1. The molecule has 6 nitrogen and oxygen atoms in total. The summed E-state index contributed by atoms with van der Waals surface area (Å²) in [7, 11) is 0. The molecule has 2 N–H and O–H groups in total. The van der Waals surface area contributed by atoms with E-state index in [1.54, 1.807) is 38.1 Å². The van der Waals surface area contributed by atoms with Crippen molar-refractivity contribution in [2.24, 2.45) is 0 Å². The summed E-state index contributed by atoms with van der Waals surface area (Å²) in [6, 6.07) is 11.6. The lowest BCUT2D eigenvalue weighted by Crippen LogP contribution is -2.14. The van der Waals surface area contributed by atoms with Gasteiger partial charge in [-0.1, -0.05) is 18.2 Å². The molecule has 2 aromatic heterocycles. The zero-order chi connectivity index (χ0) is 21.6. The molecule has 0 aliphatic carbocycles. The molecule has 0 amide bonds. The van der Waals surface area contributed by atoms with Gasteiger partial charge in [-0.2, -0.15) is 13.2 Å². The SMILES string of the molecule is CC(C)OC(=O)c1c(N)n(-c2cccc(C(F)(F)F)c2)c2nc3ccccc3nc12. The van der Waals surface area contributed by atoms with Gasteiger partial charge in [0.1, 0.15) is 16.9 Å². The Labute approximate surface area is 169 Å². The number of nitrogens with two attached hydrogens (primary N) is 1. The number of aromatic nitrogens is 3. The summed E-state index contributed by atoms with van der Waals surface area (Å²) in [6.45, 7) is 3.36. The van der Waals surface area contributed by atoms with E-state index in [-0.39, 0.29) is 28.2 Å². The molecule has 0 radical (unpaired) electrons. The Morgan fingerprint density at radius 3 is 2.37 bits per heavy atom. The number of para-hydroxylation sites is 2. The fourth-order valence-electron chi connectivity index (χ4n) is 3.22. The highest BCUT2D eigenvalue weighted by Gasteiger charge is 2.32. The Bertz CT molecular complexity index is 1280. The van der Waals surface area contributed by atoms with Crippen molar-refractivity contribution in [1.82, 2.24) is 14.5 Å². The summed E-state index contributed by atoms with van der Waals surface area (Å²) < 4.78 is 46.3. The van der Waals surface area contributed by atoms with Gasteiger partial charge in [0.25, 0.3) is 0 Å². The number of esters is 1. The minimum Gasteiger partial charge on any atom is -0.459 e. The number of carbonyl (C=O) groups is 1. The van der Waals surface area contributed by atoms with Crippen LogP contribution in [0.15, 0.2) is 48.5 Å². The van der Waals surface area contributed by atoms with E-state index >= 15 is 0 Å². The molecule has 0 saturated carbocycles. The van der Waals surface area contributed by atoms with E-state index in [1.807, 2.05) is 0 Å². The Hall–Kier alpha value is -3.62. The monoisotopic (exact) mass is 414 g/mol. The van der Waals surface area contributed by atoms with Gasteiger partial charge in [-0.25, -0.2) is 14.8 Å². The van der Waals surface area contributed by atoms with Gasteiger partial charge >= 0.3 is 12.1 Å². The van der Waals surface area contributed by atoms with E-state index < -0.39 is 23.8 Å². The molecule has 4 aromatic rings. The maximum atomic E-state index is 13.2. The van der Waals surface area contributed by atoms with Crippen LogP contribution < -0.4 is 5.73 Å². The molecule has 0 aliphatic rings. The summed E-state index contributed by atoms with van der Waals surface area (Å²) >= 11 is 0. The Kier molecular flexibility index (Phi) is 4.60. The van der Waals surface area contributed by atoms with Gasteiger partial charge in [0.2, 0.25) is 0 Å². The van der Waals surface area contributed by atoms with Gasteiger partial charge in [-0.3, -0.25) is 4.57 Å². The second-order valence-corrected chi connectivity index (χ2v) is 6.98. The van der Waals surface area contributed by atoms with Crippen LogP contribution in [0.25, 0.3) is 27.9 Å². The number of halogens is 3. The van der Waals surface area contributed by atoms with Gasteiger partial charge in [0, 0.05) is 5.69 Å². The predicted molar refractivity (Wildman–Crippen MR) is 106 cm³/mol. The van der Waals surface area contributed by atoms with Crippen LogP contribution >= 0.6 is 0 Å². The molecule has 0 aliphatic heterocycles. The molecule has 9 heteroatoms. The van der Waals surface area contributed by atoms with Crippen molar-refractivity contribution >= 4 is 34.0 Å². The third kappa shape index (κ3) is 3.32. The molecular formula is C21H17F3N4O2. The highest BCUT2D eigenvalue weighted by Crippen LogP contribution is 2.35. The Morgan fingerprint density at radius 2 is 1.73 bits per heavy atom. The summed E-state index contributed by atoms with van der Waals surface area (Å²) in [6.07, 6.45) is -4.96. The first-order chi connectivity index (χ1) is 14.2. The first-order valence-electron chi connectivity index (χ1n) is 9.12. The largest absolute Gasteiger partial charge is 0.459 e. The first-order valence-corrected chi connectivity index (χ1v) is 9.12. The van der Waals surface area contributed by atoms with Crippen molar-refractivity contribution < 1.29 is 22.7 Å². The zero-order valence-electron chi connectivity index (χ0n) is 16.1. The molecule has 30 heavy (non-hydrogen) atoms. The van der Waals surface area contributed by atoms with Crippen molar-refractivity contribution in [2.45, 2.75) is 26.1 Å². The number of hydrogen-bond acceptors (Lipinski definition) is 5. The third-order valence-electron chi connectivity index (χ3n) is 4.48. The lowest BCUT2D eigenvalue weighted by molar-refractivity contribution is -0.137. The van der Waals surface area contributed by atoms with Crippen molar-refractivity contribution in [3.8, 4) is 5.69 Å². The number of nitrogens with zero attached hydrogens (tertiary/aromatic N) is 3. The van der Waals surface area contributed by atoms with E-state index in [0.717, 1.165) is 12.1 Å². The fourth-order valence-corrected chi connectivity index (χ4v) is 3.22. The molecule has 2 aromatic carbocycles. The first kappa shape index (κ1) is 19.7. The Morgan fingerprint density at radius 1 is 1.07 bits per heavy atom. The molecular weight excluding hydrogens is 397 g/mol. The van der Waals surface area contributed by atoms with Crippen molar-refractivity contribution in [3.63, 3.8) is 0 Å². The maximum absolute atomic E-state index is 13.2. The lowest BCUT2D eigenvalue weighted by Gasteiger charge is -2.12. The molecule has 0 bridgehead atoms. The van der Waals surface area contributed by atoms with Gasteiger partial charge in [-0.05, 0) is 44.2 Å². The molecule has 154 valence electrons. The van der Waals surface area contributed by atoms with E-state index in [9.17, 15) is 18.0 Å². The van der Waals surface area contributed by atoms with Crippen LogP contribution in [0.1, 0.15) is 29.8 Å². The molecule has 4 rings (SSSR count). The molecule has 0 saturated heterocycles. The highest BCUT2D eigenvalue weighted by atomic mass is 19.4. The molecule has 0 fully saturated rings. The highest BCUT2D eigenvalue weighted by molar-refractivity contribution is 6.09. The molecule has 0 spiro atoms. The topological polar surface area (TPSA) is 83.0 Å². The molecule has 0 unspecified atom stereocenters. The average Bonchev–Trinajstić information content (AvgIpc) is 2.96. The van der Waals surface area contributed by atoms with E-state index in [4.69, 9.17) is 10.5 Å².